The van der Waals surface area contributed by atoms with E-state index in [0.717, 1.165) is 0 Å². The third kappa shape index (κ3) is 4.56. The summed E-state index contributed by atoms with van der Waals surface area (Å²) in [6.45, 7) is 5.41. The van der Waals surface area contributed by atoms with Gasteiger partial charge in [0.15, 0.2) is 0 Å². The molecule has 0 radical (unpaired) electrons. The number of nitrogens with zero attached hydrogens (tertiary/aromatic N) is 1. The number of aromatic nitrogens is 1. The third-order valence-electron chi connectivity index (χ3n) is 2.84. The molecule has 1 aromatic heterocycles. The van der Waals surface area contributed by atoms with Gasteiger partial charge in [-0.05, 0) is 50.6 Å². The van der Waals surface area contributed by atoms with Gasteiger partial charge in [-0.15, -0.1) is 0 Å². The molecule has 0 saturated carbocycles. The Balaban J connectivity index is 2.03. The molecule has 2 aromatic rings. The van der Waals surface area contributed by atoms with Crippen LogP contribution in [0.25, 0.3) is 0 Å². The van der Waals surface area contributed by atoms with Crippen molar-refractivity contribution in [1.82, 2.24) is 4.98 Å². The van der Waals surface area contributed by atoms with Crippen molar-refractivity contribution in [2.24, 2.45) is 0 Å². The summed E-state index contributed by atoms with van der Waals surface area (Å²) < 4.78 is 5.18. The highest BCUT2D eigenvalue weighted by Gasteiger charge is 2.16. The molecule has 0 saturated heterocycles. The van der Waals surface area contributed by atoms with Crippen LogP contribution in [0.1, 0.15) is 38.1 Å². The number of amides is 1. The lowest BCUT2D eigenvalue weighted by Gasteiger charge is -2.19. The Bertz CT molecular complexity index is 619. The van der Waals surface area contributed by atoms with Crippen molar-refractivity contribution in [3.8, 4) is 0 Å². The van der Waals surface area contributed by atoms with E-state index in [9.17, 15) is 9.90 Å². The lowest BCUT2D eigenvalue weighted by molar-refractivity contribution is 0.0636. The SMILES string of the molecule is CC(C)(C)OC(=O)Nc1ccc(C(O)c2ccccn2)cc1. The van der Waals surface area contributed by atoms with Crippen molar-refractivity contribution in [2.45, 2.75) is 32.5 Å². The topological polar surface area (TPSA) is 71.5 Å². The summed E-state index contributed by atoms with van der Waals surface area (Å²) in [5.41, 5.74) is 1.34. The maximum atomic E-state index is 11.7. The highest BCUT2D eigenvalue weighted by atomic mass is 16.6. The number of hydrogen-bond acceptors (Lipinski definition) is 4. The number of pyridine rings is 1. The number of nitrogens with one attached hydrogen (secondary N) is 1. The van der Waals surface area contributed by atoms with Crippen molar-refractivity contribution in [3.63, 3.8) is 0 Å². The zero-order valence-corrected chi connectivity index (χ0v) is 12.9. The molecule has 2 rings (SSSR count). The average Bonchev–Trinajstić information content (AvgIpc) is 2.46. The summed E-state index contributed by atoms with van der Waals surface area (Å²) >= 11 is 0. The number of aliphatic hydroxyl groups is 1. The molecule has 0 aliphatic heterocycles. The van der Waals surface area contributed by atoms with Crippen LogP contribution in [0.3, 0.4) is 0 Å². The van der Waals surface area contributed by atoms with E-state index in [0.29, 0.717) is 16.9 Å². The minimum atomic E-state index is -0.795. The summed E-state index contributed by atoms with van der Waals surface area (Å²) in [6, 6.07) is 12.3. The van der Waals surface area contributed by atoms with E-state index in [1.807, 2.05) is 6.07 Å². The molecule has 1 heterocycles. The predicted octanol–water partition coefficient (Wildman–Crippen LogP) is 3.51. The summed E-state index contributed by atoms with van der Waals surface area (Å²) in [5.74, 6) is 0. The molecule has 0 bridgehead atoms. The number of rotatable bonds is 3. The molecular formula is C17H20N2O3. The van der Waals surface area contributed by atoms with E-state index in [-0.39, 0.29) is 0 Å². The van der Waals surface area contributed by atoms with Gasteiger partial charge < -0.3 is 9.84 Å². The van der Waals surface area contributed by atoms with Gasteiger partial charge in [0.05, 0.1) is 5.69 Å². The van der Waals surface area contributed by atoms with E-state index in [1.54, 1.807) is 63.4 Å². The lowest BCUT2D eigenvalue weighted by Crippen LogP contribution is -2.27. The molecule has 1 amide bonds. The van der Waals surface area contributed by atoms with Gasteiger partial charge in [0.2, 0.25) is 0 Å². The smallest absolute Gasteiger partial charge is 0.412 e. The maximum Gasteiger partial charge on any atom is 0.412 e. The fraction of sp³-hybridized carbons (Fsp3) is 0.294. The molecule has 5 nitrogen and oxygen atoms in total. The third-order valence-corrected chi connectivity index (χ3v) is 2.84. The minimum absolute atomic E-state index is 0.509. The zero-order chi connectivity index (χ0) is 16.2. The molecule has 0 aliphatic rings. The molecular weight excluding hydrogens is 280 g/mol. The van der Waals surface area contributed by atoms with E-state index in [1.165, 1.54) is 0 Å². The Morgan fingerprint density at radius 2 is 1.86 bits per heavy atom. The summed E-state index contributed by atoms with van der Waals surface area (Å²) in [4.78, 5) is 15.8. The number of hydrogen-bond donors (Lipinski definition) is 2. The van der Waals surface area contributed by atoms with Crippen LogP contribution in [0.15, 0.2) is 48.7 Å². The van der Waals surface area contributed by atoms with E-state index in [4.69, 9.17) is 4.74 Å². The summed E-state index contributed by atoms with van der Waals surface area (Å²) in [5, 5.41) is 12.9. The van der Waals surface area contributed by atoms with Crippen LogP contribution in [0.5, 0.6) is 0 Å². The van der Waals surface area contributed by atoms with Crippen LogP contribution >= 0.6 is 0 Å². The Kier molecular flexibility index (Phi) is 4.78. The highest BCUT2D eigenvalue weighted by Crippen LogP contribution is 2.21. The summed E-state index contributed by atoms with van der Waals surface area (Å²) in [6.07, 6.45) is 0.332. The number of ether oxygens (including phenoxy) is 1. The Hall–Kier alpha value is -2.40. The molecule has 1 aromatic carbocycles. The van der Waals surface area contributed by atoms with Crippen LogP contribution < -0.4 is 5.32 Å². The average molecular weight is 300 g/mol. The molecule has 1 atom stereocenters. The first-order chi connectivity index (χ1) is 10.3. The number of aliphatic hydroxyl groups excluding tert-OH is 1. The first-order valence-electron chi connectivity index (χ1n) is 7.04. The first-order valence-corrected chi connectivity index (χ1v) is 7.04. The van der Waals surface area contributed by atoms with Gasteiger partial charge >= 0.3 is 6.09 Å². The number of benzene rings is 1. The van der Waals surface area contributed by atoms with Crippen LogP contribution in [0, 0.1) is 0 Å². The number of carbonyl (C=O) groups is 1. The quantitative estimate of drug-likeness (QED) is 0.910. The molecule has 1 unspecified atom stereocenters. The van der Waals surface area contributed by atoms with Crippen molar-refractivity contribution < 1.29 is 14.6 Å². The number of anilines is 1. The van der Waals surface area contributed by atoms with Crippen LogP contribution in [-0.2, 0) is 4.74 Å². The first kappa shape index (κ1) is 16.0. The molecule has 0 aliphatic carbocycles. The molecule has 2 N–H and O–H groups in total. The molecule has 5 heteroatoms. The molecule has 22 heavy (non-hydrogen) atoms. The van der Waals surface area contributed by atoms with Gasteiger partial charge in [-0.2, -0.15) is 0 Å². The van der Waals surface area contributed by atoms with Crippen molar-refractivity contribution >= 4 is 11.8 Å². The van der Waals surface area contributed by atoms with E-state index < -0.39 is 17.8 Å². The normalized spacial score (nSPS) is 12.5. The largest absolute Gasteiger partial charge is 0.444 e. The second-order valence-corrected chi connectivity index (χ2v) is 5.91. The zero-order valence-electron chi connectivity index (χ0n) is 12.9. The second-order valence-electron chi connectivity index (χ2n) is 5.91. The van der Waals surface area contributed by atoms with Gasteiger partial charge in [0, 0.05) is 11.9 Å². The monoisotopic (exact) mass is 300 g/mol. The molecule has 0 fully saturated rings. The van der Waals surface area contributed by atoms with Gasteiger partial charge in [0.1, 0.15) is 11.7 Å². The Morgan fingerprint density at radius 3 is 2.41 bits per heavy atom. The van der Waals surface area contributed by atoms with Gasteiger partial charge in [-0.25, -0.2) is 4.79 Å². The number of carbonyl (C=O) groups excluding carboxylic acids is 1. The minimum Gasteiger partial charge on any atom is -0.444 e. The predicted molar refractivity (Wildman–Crippen MR) is 84.6 cm³/mol. The maximum absolute atomic E-state index is 11.7. The standard InChI is InChI=1S/C17H20N2O3/c1-17(2,3)22-16(21)19-13-9-7-12(8-10-13)15(20)14-6-4-5-11-18-14/h4-11,15,20H,1-3H3,(H,19,21). The van der Waals surface area contributed by atoms with Crippen molar-refractivity contribution in [2.75, 3.05) is 5.32 Å². The Morgan fingerprint density at radius 1 is 1.18 bits per heavy atom. The van der Waals surface area contributed by atoms with E-state index >= 15 is 0 Å². The van der Waals surface area contributed by atoms with Crippen LogP contribution in [0.4, 0.5) is 10.5 Å². The summed E-state index contributed by atoms with van der Waals surface area (Å²) in [7, 11) is 0. The Labute approximate surface area is 130 Å². The fourth-order valence-electron chi connectivity index (χ4n) is 1.88. The van der Waals surface area contributed by atoms with Crippen LogP contribution in [0.2, 0.25) is 0 Å². The van der Waals surface area contributed by atoms with Crippen molar-refractivity contribution in [3.05, 3.63) is 59.9 Å². The van der Waals surface area contributed by atoms with Crippen LogP contribution in [-0.4, -0.2) is 21.8 Å². The van der Waals surface area contributed by atoms with Crippen molar-refractivity contribution in [1.29, 1.82) is 0 Å². The second kappa shape index (κ2) is 6.58. The van der Waals surface area contributed by atoms with Gasteiger partial charge in [-0.3, -0.25) is 10.3 Å². The fourth-order valence-corrected chi connectivity index (χ4v) is 1.88. The van der Waals surface area contributed by atoms with Gasteiger partial charge in [0.25, 0.3) is 0 Å². The lowest BCUT2D eigenvalue weighted by atomic mass is 10.1. The molecule has 0 spiro atoms. The molecule has 116 valence electrons. The van der Waals surface area contributed by atoms with E-state index in [2.05, 4.69) is 10.3 Å². The highest BCUT2D eigenvalue weighted by molar-refractivity contribution is 5.84. The van der Waals surface area contributed by atoms with Gasteiger partial charge in [-0.1, -0.05) is 18.2 Å².